The maximum absolute atomic E-state index is 12.7. The largest absolute Gasteiger partial charge is 0.325 e. The lowest BCUT2D eigenvalue weighted by molar-refractivity contribution is -0.115. The van der Waals surface area contributed by atoms with E-state index in [1.54, 1.807) is 36.0 Å². The molecule has 27 heavy (non-hydrogen) atoms. The van der Waals surface area contributed by atoms with Gasteiger partial charge in [0.25, 0.3) is 0 Å². The molecular formula is C23H21NO2S. The Morgan fingerprint density at radius 2 is 1.41 bits per heavy atom. The molecule has 3 aromatic carbocycles. The molecule has 0 saturated heterocycles. The Labute approximate surface area is 163 Å². The van der Waals surface area contributed by atoms with Crippen molar-refractivity contribution in [3.63, 3.8) is 0 Å². The number of amides is 1. The third-order valence-electron chi connectivity index (χ3n) is 4.07. The summed E-state index contributed by atoms with van der Waals surface area (Å²) in [5.41, 5.74) is 2.93. The van der Waals surface area contributed by atoms with Crippen molar-refractivity contribution in [3.8, 4) is 0 Å². The molecular weight excluding hydrogens is 354 g/mol. The van der Waals surface area contributed by atoms with Crippen LogP contribution in [0, 0.1) is 0 Å². The predicted octanol–water partition coefficient (Wildman–Crippen LogP) is 5.18. The van der Waals surface area contributed by atoms with Gasteiger partial charge in [-0.3, -0.25) is 9.59 Å². The molecule has 0 unspecified atom stereocenters. The Bertz CT molecular complexity index is 895. The number of anilines is 1. The minimum absolute atomic E-state index is 0.0797. The first kappa shape index (κ1) is 18.9. The zero-order chi connectivity index (χ0) is 18.9. The van der Waals surface area contributed by atoms with E-state index in [0.29, 0.717) is 23.2 Å². The summed E-state index contributed by atoms with van der Waals surface area (Å²) >= 11 is 1.72. The number of nitrogens with one attached hydrogen (secondary N) is 1. The van der Waals surface area contributed by atoms with Crippen molar-refractivity contribution in [1.82, 2.24) is 0 Å². The lowest BCUT2D eigenvalue weighted by Gasteiger charge is -2.10. The monoisotopic (exact) mass is 375 g/mol. The fourth-order valence-electron chi connectivity index (χ4n) is 2.68. The van der Waals surface area contributed by atoms with E-state index in [0.717, 1.165) is 11.5 Å². The summed E-state index contributed by atoms with van der Waals surface area (Å²) in [4.78, 5) is 25.0. The molecule has 0 saturated carbocycles. The molecule has 3 aromatic rings. The van der Waals surface area contributed by atoms with Crippen molar-refractivity contribution in [2.45, 2.75) is 12.2 Å². The maximum atomic E-state index is 12.7. The van der Waals surface area contributed by atoms with Crippen molar-refractivity contribution in [1.29, 1.82) is 0 Å². The molecule has 0 heterocycles. The van der Waals surface area contributed by atoms with Crippen molar-refractivity contribution < 1.29 is 9.59 Å². The first-order valence-corrected chi connectivity index (χ1v) is 10.00. The van der Waals surface area contributed by atoms with Crippen LogP contribution in [0.5, 0.6) is 0 Å². The van der Waals surface area contributed by atoms with Gasteiger partial charge in [-0.05, 0) is 17.7 Å². The Morgan fingerprint density at radius 1 is 0.778 bits per heavy atom. The zero-order valence-corrected chi connectivity index (χ0v) is 15.7. The van der Waals surface area contributed by atoms with E-state index in [1.165, 1.54) is 5.56 Å². The Kier molecular flexibility index (Phi) is 6.83. The molecule has 4 heteroatoms. The smallest absolute Gasteiger partial charge is 0.225 e. The normalized spacial score (nSPS) is 10.4. The third-order valence-corrected chi connectivity index (χ3v) is 5.10. The Hall–Kier alpha value is -2.85. The van der Waals surface area contributed by atoms with E-state index in [9.17, 15) is 9.59 Å². The topological polar surface area (TPSA) is 46.2 Å². The lowest BCUT2D eigenvalue weighted by Crippen LogP contribution is -2.15. The van der Waals surface area contributed by atoms with Crippen LogP contribution in [-0.4, -0.2) is 17.4 Å². The highest BCUT2D eigenvalue weighted by molar-refractivity contribution is 7.98. The quantitative estimate of drug-likeness (QED) is 0.436. The molecule has 1 N–H and O–H groups in total. The lowest BCUT2D eigenvalue weighted by atomic mass is 10.0. The summed E-state index contributed by atoms with van der Waals surface area (Å²) in [6, 6.07) is 26.4. The highest BCUT2D eigenvalue weighted by Gasteiger charge is 2.14. The summed E-state index contributed by atoms with van der Waals surface area (Å²) in [5, 5.41) is 2.89. The van der Waals surface area contributed by atoms with E-state index in [4.69, 9.17) is 0 Å². The molecule has 0 aromatic heterocycles. The maximum Gasteiger partial charge on any atom is 0.225 e. The summed E-state index contributed by atoms with van der Waals surface area (Å²) in [6.07, 6.45) is 0.408. The van der Waals surface area contributed by atoms with E-state index in [-0.39, 0.29) is 11.7 Å². The minimum atomic E-state index is -0.0926. The van der Waals surface area contributed by atoms with Gasteiger partial charge in [-0.15, -0.1) is 0 Å². The van der Waals surface area contributed by atoms with Crippen LogP contribution >= 0.6 is 11.8 Å². The number of hydrogen-bond donors (Lipinski definition) is 1. The van der Waals surface area contributed by atoms with E-state index >= 15 is 0 Å². The van der Waals surface area contributed by atoms with Gasteiger partial charge in [0.05, 0.1) is 5.69 Å². The zero-order valence-electron chi connectivity index (χ0n) is 14.9. The fourth-order valence-corrected chi connectivity index (χ4v) is 3.58. The van der Waals surface area contributed by atoms with Crippen molar-refractivity contribution in [2.24, 2.45) is 0 Å². The summed E-state index contributed by atoms with van der Waals surface area (Å²) < 4.78 is 0. The molecule has 0 atom stereocenters. The second kappa shape index (κ2) is 9.74. The van der Waals surface area contributed by atoms with E-state index < -0.39 is 0 Å². The number of benzene rings is 3. The van der Waals surface area contributed by atoms with Crippen molar-refractivity contribution in [2.75, 3.05) is 11.1 Å². The predicted molar refractivity (Wildman–Crippen MR) is 112 cm³/mol. The number of hydrogen-bond acceptors (Lipinski definition) is 3. The summed E-state index contributed by atoms with van der Waals surface area (Å²) in [5.74, 6) is 1.45. The molecule has 0 aliphatic carbocycles. The Morgan fingerprint density at radius 3 is 2.15 bits per heavy atom. The second-order valence-corrected chi connectivity index (χ2v) is 7.18. The van der Waals surface area contributed by atoms with E-state index in [2.05, 4.69) is 17.4 Å². The molecule has 3 nitrogen and oxygen atoms in total. The third kappa shape index (κ3) is 5.56. The van der Waals surface area contributed by atoms with Crippen LogP contribution in [0.15, 0.2) is 84.9 Å². The minimum Gasteiger partial charge on any atom is -0.325 e. The van der Waals surface area contributed by atoms with Crippen LogP contribution in [-0.2, 0) is 10.5 Å². The number of thioether (sulfide) groups is 1. The van der Waals surface area contributed by atoms with Crippen molar-refractivity contribution in [3.05, 3.63) is 102 Å². The van der Waals surface area contributed by atoms with Gasteiger partial charge in [-0.1, -0.05) is 72.8 Å². The van der Waals surface area contributed by atoms with Crippen molar-refractivity contribution >= 4 is 29.1 Å². The first-order valence-electron chi connectivity index (χ1n) is 8.84. The molecule has 1 amide bonds. The average molecular weight is 375 g/mol. The van der Waals surface area contributed by atoms with Gasteiger partial charge in [-0.2, -0.15) is 11.8 Å². The van der Waals surface area contributed by atoms with Gasteiger partial charge < -0.3 is 5.32 Å². The van der Waals surface area contributed by atoms with Gasteiger partial charge in [0.15, 0.2) is 5.78 Å². The number of ketones is 1. The molecule has 0 bridgehead atoms. The van der Waals surface area contributed by atoms with Crippen LogP contribution in [0.1, 0.15) is 27.9 Å². The van der Waals surface area contributed by atoms with Gasteiger partial charge in [-0.25, -0.2) is 0 Å². The molecule has 0 fully saturated rings. The standard InChI is InChI=1S/C23H21NO2S/c25-22(15-16-27-17-18-9-3-1-4-10-18)24-21-14-8-7-13-20(21)23(26)19-11-5-2-6-12-19/h1-14H,15-17H2,(H,24,25). The second-order valence-electron chi connectivity index (χ2n) is 6.08. The average Bonchev–Trinajstić information content (AvgIpc) is 2.72. The molecule has 0 radical (unpaired) electrons. The summed E-state index contributed by atoms with van der Waals surface area (Å²) in [6.45, 7) is 0. The van der Waals surface area contributed by atoms with Crippen LogP contribution in [0.4, 0.5) is 5.69 Å². The molecule has 0 spiro atoms. The molecule has 0 aliphatic rings. The van der Waals surface area contributed by atoms with E-state index in [1.807, 2.05) is 48.5 Å². The number of rotatable bonds is 8. The SMILES string of the molecule is O=C(CCSCc1ccccc1)Nc1ccccc1C(=O)c1ccccc1. The van der Waals surface area contributed by atoms with Gasteiger partial charge in [0.1, 0.15) is 0 Å². The van der Waals surface area contributed by atoms with Gasteiger partial charge >= 0.3 is 0 Å². The van der Waals surface area contributed by atoms with Crippen LogP contribution < -0.4 is 5.32 Å². The number of para-hydroxylation sites is 1. The van der Waals surface area contributed by atoms with Crippen LogP contribution in [0.25, 0.3) is 0 Å². The molecule has 3 rings (SSSR count). The highest BCUT2D eigenvalue weighted by Crippen LogP contribution is 2.20. The molecule has 0 aliphatic heterocycles. The fraction of sp³-hybridized carbons (Fsp3) is 0.130. The van der Waals surface area contributed by atoms with Gasteiger partial charge in [0, 0.05) is 29.1 Å². The summed E-state index contributed by atoms with van der Waals surface area (Å²) in [7, 11) is 0. The van der Waals surface area contributed by atoms with Gasteiger partial charge in [0.2, 0.25) is 5.91 Å². The molecule has 136 valence electrons. The Balaban J connectivity index is 1.56. The van der Waals surface area contributed by atoms with Crippen LogP contribution in [0.3, 0.4) is 0 Å². The highest BCUT2D eigenvalue weighted by atomic mass is 32.2. The first-order chi connectivity index (χ1) is 13.2. The number of carbonyl (C=O) groups excluding carboxylic acids is 2. The number of carbonyl (C=O) groups is 2. The van der Waals surface area contributed by atoms with Crippen LogP contribution in [0.2, 0.25) is 0 Å².